The van der Waals surface area contributed by atoms with E-state index < -0.39 is 0 Å². The molecule has 0 aliphatic heterocycles. The van der Waals surface area contributed by atoms with Crippen LogP contribution < -0.4 is 11.1 Å². The van der Waals surface area contributed by atoms with Gasteiger partial charge in [0.25, 0.3) is 0 Å². The Kier molecular flexibility index (Phi) is 6.19. The molecule has 2 unspecified atom stereocenters. The number of amides is 1. The summed E-state index contributed by atoms with van der Waals surface area (Å²) in [4.78, 5) is 12.0. The third-order valence-corrected chi connectivity index (χ3v) is 4.21. The van der Waals surface area contributed by atoms with Crippen molar-refractivity contribution in [3.63, 3.8) is 0 Å². The number of para-hydroxylation sites is 1. The minimum absolute atomic E-state index is 0. The fourth-order valence-electron chi connectivity index (χ4n) is 2.94. The van der Waals surface area contributed by atoms with Gasteiger partial charge < -0.3 is 11.1 Å². The van der Waals surface area contributed by atoms with Gasteiger partial charge in [0, 0.05) is 24.7 Å². The van der Waals surface area contributed by atoms with Gasteiger partial charge in [0.1, 0.15) is 0 Å². The molecule has 1 aromatic carbocycles. The average Bonchev–Trinajstić information content (AvgIpc) is 3.17. The second kappa shape index (κ2) is 8.13. The quantitative estimate of drug-likeness (QED) is 0.879. The van der Waals surface area contributed by atoms with Crippen molar-refractivity contribution in [2.24, 2.45) is 11.7 Å². The Morgan fingerprint density at radius 2 is 2.09 bits per heavy atom. The first kappa shape index (κ1) is 17.5. The fraction of sp³-hybridized carbons (Fsp3) is 0.412. The van der Waals surface area contributed by atoms with E-state index in [-0.39, 0.29) is 30.3 Å². The maximum absolute atomic E-state index is 12.0. The molecule has 1 aromatic heterocycles. The molecule has 6 heteroatoms. The average molecular weight is 335 g/mol. The van der Waals surface area contributed by atoms with E-state index in [2.05, 4.69) is 10.4 Å². The van der Waals surface area contributed by atoms with E-state index in [9.17, 15) is 4.79 Å². The van der Waals surface area contributed by atoms with Crippen LogP contribution >= 0.6 is 12.4 Å². The van der Waals surface area contributed by atoms with E-state index in [4.69, 9.17) is 5.73 Å². The molecule has 1 amide bonds. The predicted octanol–water partition coefficient (Wildman–Crippen LogP) is 2.08. The van der Waals surface area contributed by atoms with Crippen LogP contribution in [0.15, 0.2) is 42.7 Å². The van der Waals surface area contributed by atoms with Gasteiger partial charge in [0.05, 0.1) is 11.9 Å². The number of carbonyl (C=O) groups is 1. The van der Waals surface area contributed by atoms with Gasteiger partial charge in [-0.3, -0.25) is 4.79 Å². The van der Waals surface area contributed by atoms with Gasteiger partial charge >= 0.3 is 0 Å². The number of hydrogen-bond donors (Lipinski definition) is 2. The molecular formula is C17H23ClN4O. The Hall–Kier alpha value is -1.85. The van der Waals surface area contributed by atoms with Gasteiger partial charge in [-0.1, -0.05) is 18.2 Å². The molecule has 3 N–H and O–H groups in total. The van der Waals surface area contributed by atoms with Crippen molar-refractivity contribution in [2.45, 2.75) is 31.7 Å². The molecule has 0 spiro atoms. The lowest BCUT2D eigenvalue weighted by Gasteiger charge is -2.10. The minimum atomic E-state index is 0. The van der Waals surface area contributed by atoms with Crippen LogP contribution in [0.3, 0.4) is 0 Å². The first-order valence-electron chi connectivity index (χ1n) is 7.84. The van der Waals surface area contributed by atoms with Crippen molar-refractivity contribution in [2.75, 3.05) is 6.54 Å². The van der Waals surface area contributed by atoms with Gasteiger partial charge in [-0.05, 0) is 43.4 Å². The Morgan fingerprint density at radius 3 is 2.78 bits per heavy atom. The zero-order valence-corrected chi connectivity index (χ0v) is 13.8. The monoisotopic (exact) mass is 334 g/mol. The topological polar surface area (TPSA) is 72.9 Å². The van der Waals surface area contributed by atoms with E-state index >= 15 is 0 Å². The molecule has 3 rings (SSSR count). The predicted molar refractivity (Wildman–Crippen MR) is 92.8 cm³/mol. The molecule has 0 radical (unpaired) electrons. The summed E-state index contributed by atoms with van der Waals surface area (Å²) in [6.45, 7) is 0.644. The number of rotatable bonds is 5. The number of benzene rings is 1. The Balaban J connectivity index is 0.00000192. The maximum Gasteiger partial charge on any atom is 0.223 e. The Labute approximate surface area is 142 Å². The molecule has 1 aliphatic carbocycles. The number of nitrogens with two attached hydrogens (primary N) is 1. The molecule has 0 bridgehead atoms. The lowest BCUT2D eigenvalue weighted by Crippen LogP contribution is -2.31. The van der Waals surface area contributed by atoms with Crippen LogP contribution in [0, 0.1) is 5.92 Å². The normalized spacial score (nSPS) is 20.0. The van der Waals surface area contributed by atoms with Gasteiger partial charge in [-0.15, -0.1) is 12.4 Å². The number of nitrogens with zero attached hydrogens (tertiary/aromatic N) is 2. The highest BCUT2D eigenvalue weighted by Crippen LogP contribution is 2.23. The highest BCUT2D eigenvalue weighted by Gasteiger charge is 2.27. The number of nitrogens with one attached hydrogen (secondary N) is 1. The first-order chi connectivity index (χ1) is 10.7. The summed E-state index contributed by atoms with van der Waals surface area (Å²) in [7, 11) is 0. The van der Waals surface area contributed by atoms with Crippen LogP contribution in [-0.4, -0.2) is 28.3 Å². The van der Waals surface area contributed by atoms with Gasteiger partial charge in [0.2, 0.25) is 5.91 Å². The van der Waals surface area contributed by atoms with Crippen LogP contribution in [0.2, 0.25) is 0 Å². The second-order valence-corrected chi connectivity index (χ2v) is 5.94. The molecule has 2 aromatic rings. The lowest BCUT2D eigenvalue weighted by atomic mass is 10.1. The molecule has 5 nitrogen and oxygen atoms in total. The molecule has 1 heterocycles. The molecule has 1 saturated carbocycles. The second-order valence-electron chi connectivity index (χ2n) is 5.94. The zero-order valence-electron chi connectivity index (χ0n) is 13.0. The summed E-state index contributed by atoms with van der Waals surface area (Å²) in [6, 6.07) is 10.2. The largest absolute Gasteiger partial charge is 0.356 e. The molecule has 124 valence electrons. The standard InChI is InChI=1S/C17H22N4O.ClH/c18-15-7-6-14(10-15)17(22)19-9-8-13-11-20-21(12-13)16-4-2-1-3-5-16;/h1-5,11-12,14-15H,6-10,18H2,(H,19,22);1H. The van der Waals surface area contributed by atoms with Crippen molar-refractivity contribution in [1.82, 2.24) is 15.1 Å². The number of hydrogen-bond acceptors (Lipinski definition) is 3. The summed E-state index contributed by atoms with van der Waals surface area (Å²) >= 11 is 0. The van der Waals surface area contributed by atoms with E-state index in [1.165, 1.54) is 0 Å². The summed E-state index contributed by atoms with van der Waals surface area (Å²) in [5.74, 6) is 0.241. The molecule has 23 heavy (non-hydrogen) atoms. The smallest absolute Gasteiger partial charge is 0.223 e. The lowest BCUT2D eigenvalue weighted by molar-refractivity contribution is -0.124. The first-order valence-corrected chi connectivity index (χ1v) is 7.84. The Bertz CT molecular complexity index is 629. The minimum Gasteiger partial charge on any atom is -0.356 e. The number of halogens is 1. The zero-order chi connectivity index (χ0) is 15.4. The molecule has 1 fully saturated rings. The molecule has 1 aliphatic rings. The van der Waals surface area contributed by atoms with Crippen molar-refractivity contribution in [3.05, 3.63) is 48.3 Å². The van der Waals surface area contributed by atoms with Crippen LogP contribution in [0.5, 0.6) is 0 Å². The highest BCUT2D eigenvalue weighted by molar-refractivity contribution is 5.85. The van der Waals surface area contributed by atoms with Gasteiger partial charge in [0.15, 0.2) is 0 Å². The van der Waals surface area contributed by atoms with Crippen molar-refractivity contribution in [1.29, 1.82) is 0 Å². The van der Waals surface area contributed by atoms with E-state index in [1.54, 1.807) is 0 Å². The summed E-state index contributed by atoms with van der Waals surface area (Å²) in [6.07, 6.45) is 7.34. The summed E-state index contributed by atoms with van der Waals surface area (Å²) in [5, 5.41) is 7.37. The SMILES string of the molecule is Cl.NC1CCC(C(=O)NCCc2cnn(-c3ccccc3)c2)C1. The number of carbonyl (C=O) groups excluding carboxylic acids is 1. The Morgan fingerprint density at radius 1 is 1.30 bits per heavy atom. The third-order valence-electron chi connectivity index (χ3n) is 4.21. The molecule has 2 atom stereocenters. The van der Waals surface area contributed by atoms with Gasteiger partial charge in [-0.25, -0.2) is 4.68 Å². The highest BCUT2D eigenvalue weighted by atomic mass is 35.5. The molecular weight excluding hydrogens is 312 g/mol. The van der Waals surface area contributed by atoms with Crippen molar-refractivity contribution in [3.8, 4) is 5.69 Å². The van der Waals surface area contributed by atoms with Crippen molar-refractivity contribution >= 4 is 18.3 Å². The fourth-order valence-corrected chi connectivity index (χ4v) is 2.94. The summed E-state index contributed by atoms with van der Waals surface area (Å²) < 4.78 is 1.85. The number of aromatic nitrogens is 2. The van der Waals surface area contributed by atoms with Crippen molar-refractivity contribution < 1.29 is 4.79 Å². The van der Waals surface area contributed by atoms with Crippen LogP contribution in [0.1, 0.15) is 24.8 Å². The van der Waals surface area contributed by atoms with E-state index in [0.29, 0.717) is 6.54 Å². The van der Waals surface area contributed by atoms with Crippen LogP contribution in [-0.2, 0) is 11.2 Å². The van der Waals surface area contributed by atoms with Crippen LogP contribution in [0.4, 0.5) is 0 Å². The van der Waals surface area contributed by atoms with E-state index in [1.807, 2.05) is 47.4 Å². The maximum atomic E-state index is 12.0. The van der Waals surface area contributed by atoms with Crippen LogP contribution in [0.25, 0.3) is 5.69 Å². The van der Waals surface area contributed by atoms with Gasteiger partial charge in [-0.2, -0.15) is 5.10 Å². The van der Waals surface area contributed by atoms with E-state index in [0.717, 1.165) is 36.9 Å². The molecule has 0 saturated heterocycles. The third kappa shape index (κ3) is 4.56. The summed E-state index contributed by atoms with van der Waals surface area (Å²) in [5.41, 5.74) is 8.01.